The Morgan fingerprint density at radius 2 is 1.85 bits per heavy atom. The predicted octanol–water partition coefficient (Wildman–Crippen LogP) is 3.52. The maximum Gasteiger partial charge on any atom is 0.0191 e. The lowest BCUT2D eigenvalue weighted by atomic mass is 9.79. The van der Waals surface area contributed by atoms with Crippen molar-refractivity contribution in [3.05, 3.63) is 0 Å². The molecule has 2 aliphatic carbocycles. The van der Waals surface area contributed by atoms with Crippen LogP contribution in [0.15, 0.2) is 0 Å². The molecule has 3 fully saturated rings. The highest BCUT2D eigenvalue weighted by Gasteiger charge is 2.35. The molecule has 1 unspecified atom stereocenters. The highest BCUT2D eigenvalue weighted by molar-refractivity contribution is 7.99. The Kier molecular flexibility index (Phi) is 5.33. The summed E-state index contributed by atoms with van der Waals surface area (Å²) in [4.78, 5) is 2.71. The van der Waals surface area contributed by atoms with E-state index in [1.807, 2.05) is 0 Å². The molecule has 0 bridgehead atoms. The molecule has 1 heterocycles. The summed E-state index contributed by atoms with van der Waals surface area (Å²) in [6.45, 7) is 2.61. The molecular weight excluding hydrogens is 264 g/mol. The molecule has 1 N–H and O–H groups in total. The van der Waals surface area contributed by atoms with E-state index in [2.05, 4.69) is 29.0 Å². The van der Waals surface area contributed by atoms with Gasteiger partial charge in [-0.25, -0.2) is 0 Å². The summed E-state index contributed by atoms with van der Waals surface area (Å²) in [5.41, 5.74) is 0.571. The van der Waals surface area contributed by atoms with Crippen LogP contribution in [0.1, 0.15) is 57.8 Å². The van der Waals surface area contributed by atoms with Gasteiger partial charge in [0.25, 0.3) is 0 Å². The minimum Gasteiger partial charge on any atom is -0.313 e. The first kappa shape index (κ1) is 15.2. The second-order valence-corrected chi connectivity index (χ2v) is 8.65. The monoisotopic (exact) mass is 296 g/mol. The van der Waals surface area contributed by atoms with Crippen molar-refractivity contribution >= 4 is 11.8 Å². The normalized spacial score (nSPS) is 30.6. The molecule has 3 rings (SSSR count). The lowest BCUT2D eigenvalue weighted by Crippen LogP contribution is -2.46. The van der Waals surface area contributed by atoms with Crippen LogP contribution in [0.3, 0.4) is 0 Å². The summed E-state index contributed by atoms with van der Waals surface area (Å²) in [5, 5.41) is 3.86. The lowest BCUT2D eigenvalue weighted by Gasteiger charge is -2.39. The summed E-state index contributed by atoms with van der Waals surface area (Å²) < 4.78 is 0. The van der Waals surface area contributed by atoms with E-state index in [0.29, 0.717) is 5.41 Å². The first-order chi connectivity index (χ1) is 9.77. The van der Waals surface area contributed by atoms with Gasteiger partial charge in [0, 0.05) is 30.9 Å². The third kappa shape index (κ3) is 4.14. The molecule has 1 atom stereocenters. The van der Waals surface area contributed by atoms with Crippen molar-refractivity contribution in [3.8, 4) is 0 Å². The number of thioether (sulfide) groups is 1. The molecule has 0 aromatic carbocycles. The van der Waals surface area contributed by atoms with Gasteiger partial charge in [0.2, 0.25) is 0 Å². The van der Waals surface area contributed by atoms with Gasteiger partial charge in [0.05, 0.1) is 0 Å². The average Bonchev–Trinajstić information content (AvgIpc) is 3.17. The minimum absolute atomic E-state index is 0.571. The molecule has 2 saturated carbocycles. The van der Waals surface area contributed by atoms with Gasteiger partial charge in [-0.05, 0) is 50.3 Å². The Morgan fingerprint density at radius 1 is 1.10 bits per heavy atom. The van der Waals surface area contributed by atoms with Gasteiger partial charge in [-0.3, -0.25) is 0 Å². The third-order valence-electron chi connectivity index (χ3n) is 5.62. The van der Waals surface area contributed by atoms with Crippen molar-refractivity contribution in [2.24, 2.45) is 5.41 Å². The Balaban J connectivity index is 1.59. The van der Waals surface area contributed by atoms with Gasteiger partial charge in [-0.2, -0.15) is 11.8 Å². The van der Waals surface area contributed by atoms with Gasteiger partial charge in [0.1, 0.15) is 0 Å². The van der Waals surface area contributed by atoms with Crippen LogP contribution >= 0.6 is 11.8 Å². The van der Waals surface area contributed by atoms with E-state index in [-0.39, 0.29) is 0 Å². The predicted molar refractivity (Wildman–Crippen MR) is 89.5 cm³/mol. The van der Waals surface area contributed by atoms with Crippen molar-refractivity contribution in [1.29, 1.82) is 0 Å². The standard InChI is InChI=1S/C17H32N2S/c1-19(16-8-11-20-12-16)14-17(13-18-15-6-7-15)9-4-2-3-5-10-17/h15-16,18H,2-14H2,1H3. The molecule has 0 amide bonds. The fraction of sp³-hybridized carbons (Fsp3) is 1.00. The molecule has 20 heavy (non-hydrogen) atoms. The first-order valence-corrected chi connectivity index (χ1v) is 9.94. The largest absolute Gasteiger partial charge is 0.313 e. The van der Waals surface area contributed by atoms with E-state index in [1.54, 1.807) is 0 Å². The van der Waals surface area contributed by atoms with Crippen LogP contribution in [0, 0.1) is 5.41 Å². The van der Waals surface area contributed by atoms with Gasteiger partial charge < -0.3 is 10.2 Å². The second kappa shape index (κ2) is 7.02. The van der Waals surface area contributed by atoms with Gasteiger partial charge >= 0.3 is 0 Å². The van der Waals surface area contributed by atoms with E-state index in [1.165, 1.54) is 82.4 Å². The first-order valence-electron chi connectivity index (χ1n) is 8.79. The lowest BCUT2D eigenvalue weighted by molar-refractivity contribution is 0.122. The fourth-order valence-electron chi connectivity index (χ4n) is 4.05. The van der Waals surface area contributed by atoms with Crippen LogP contribution in [-0.2, 0) is 0 Å². The SMILES string of the molecule is CN(CC1(CNC2CC2)CCCCCC1)C1CCSC1. The quantitative estimate of drug-likeness (QED) is 0.755. The Bertz CT molecular complexity index is 289. The summed E-state index contributed by atoms with van der Waals surface area (Å²) in [6.07, 6.45) is 13.0. The number of rotatable bonds is 6. The van der Waals surface area contributed by atoms with Crippen LogP contribution in [0.5, 0.6) is 0 Å². The highest BCUT2D eigenvalue weighted by atomic mass is 32.2. The summed E-state index contributed by atoms with van der Waals surface area (Å²) in [6, 6.07) is 1.71. The van der Waals surface area contributed by atoms with Crippen molar-refractivity contribution in [1.82, 2.24) is 10.2 Å². The van der Waals surface area contributed by atoms with Crippen LogP contribution < -0.4 is 5.32 Å². The molecule has 3 aliphatic rings. The molecule has 0 aromatic heterocycles. The fourth-order valence-corrected chi connectivity index (χ4v) is 5.34. The Morgan fingerprint density at radius 3 is 2.45 bits per heavy atom. The molecule has 2 nitrogen and oxygen atoms in total. The molecule has 0 aromatic rings. The molecule has 0 radical (unpaired) electrons. The topological polar surface area (TPSA) is 15.3 Å². The maximum atomic E-state index is 3.86. The van der Waals surface area contributed by atoms with Crippen LogP contribution in [0.25, 0.3) is 0 Å². The number of nitrogens with one attached hydrogen (secondary N) is 1. The molecule has 1 saturated heterocycles. The van der Waals surface area contributed by atoms with Gasteiger partial charge in [0.15, 0.2) is 0 Å². The van der Waals surface area contributed by atoms with E-state index in [0.717, 1.165) is 12.1 Å². The van der Waals surface area contributed by atoms with E-state index >= 15 is 0 Å². The van der Waals surface area contributed by atoms with Crippen LogP contribution in [-0.4, -0.2) is 48.6 Å². The smallest absolute Gasteiger partial charge is 0.0191 e. The zero-order valence-electron chi connectivity index (χ0n) is 13.2. The van der Waals surface area contributed by atoms with E-state index in [9.17, 15) is 0 Å². The van der Waals surface area contributed by atoms with Crippen molar-refractivity contribution < 1.29 is 0 Å². The second-order valence-electron chi connectivity index (χ2n) is 7.50. The van der Waals surface area contributed by atoms with Crippen molar-refractivity contribution in [2.45, 2.75) is 69.9 Å². The van der Waals surface area contributed by atoms with Crippen LogP contribution in [0.2, 0.25) is 0 Å². The Hall–Kier alpha value is 0.270. The molecular formula is C17H32N2S. The molecule has 116 valence electrons. The molecule has 1 aliphatic heterocycles. The zero-order valence-corrected chi connectivity index (χ0v) is 14.0. The van der Waals surface area contributed by atoms with E-state index in [4.69, 9.17) is 0 Å². The molecule has 3 heteroatoms. The molecule has 0 spiro atoms. The Labute approximate surface area is 129 Å². The van der Waals surface area contributed by atoms with E-state index < -0.39 is 0 Å². The summed E-state index contributed by atoms with van der Waals surface area (Å²) in [5.74, 6) is 2.74. The van der Waals surface area contributed by atoms with Crippen molar-refractivity contribution in [3.63, 3.8) is 0 Å². The minimum atomic E-state index is 0.571. The van der Waals surface area contributed by atoms with Crippen molar-refractivity contribution in [2.75, 3.05) is 31.6 Å². The average molecular weight is 297 g/mol. The summed E-state index contributed by atoms with van der Waals surface area (Å²) in [7, 11) is 2.39. The third-order valence-corrected chi connectivity index (χ3v) is 6.77. The maximum absolute atomic E-state index is 3.86. The number of hydrogen-bond acceptors (Lipinski definition) is 3. The summed E-state index contributed by atoms with van der Waals surface area (Å²) >= 11 is 2.15. The van der Waals surface area contributed by atoms with Gasteiger partial charge in [-0.1, -0.05) is 25.7 Å². The number of nitrogens with zero attached hydrogens (tertiary/aromatic N) is 1. The van der Waals surface area contributed by atoms with Gasteiger partial charge in [-0.15, -0.1) is 0 Å². The number of hydrogen-bond donors (Lipinski definition) is 1. The highest BCUT2D eigenvalue weighted by Crippen LogP contribution is 2.37. The van der Waals surface area contributed by atoms with Crippen LogP contribution in [0.4, 0.5) is 0 Å². The zero-order chi connectivity index (χ0) is 13.8.